The number of hydrogen-bond donors (Lipinski definition) is 2. The highest BCUT2D eigenvalue weighted by molar-refractivity contribution is 9.08. The van der Waals surface area contributed by atoms with Gasteiger partial charge in [-0.2, -0.15) is 4.98 Å². The van der Waals surface area contributed by atoms with Crippen molar-refractivity contribution in [2.45, 2.75) is 12.3 Å². The minimum absolute atomic E-state index is 0.0474. The van der Waals surface area contributed by atoms with Crippen LogP contribution in [0.3, 0.4) is 0 Å². The summed E-state index contributed by atoms with van der Waals surface area (Å²) in [5.41, 5.74) is 6.99. The van der Waals surface area contributed by atoms with Crippen molar-refractivity contribution < 1.29 is 0 Å². The third kappa shape index (κ3) is 1.70. The zero-order valence-corrected chi connectivity index (χ0v) is 9.50. The van der Waals surface area contributed by atoms with Gasteiger partial charge in [0.1, 0.15) is 0 Å². The lowest BCUT2D eigenvalue weighted by Crippen LogP contribution is -2.14. The van der Waals surface area contributed by atoms with Crippen molar-refractivity contribution >= 4 is 33.0 Å². The summed E-state index contributed by atoms with van der Waals surface area (Å²) < 4.78 is 0. The molecule has 0 radical (unpaired) electrons. The Bertz CT molecular complexity index is 579. The van der Waals surface area contributed by atoms with E-state index in [1.165, 1.54) is 0 Å². The molecule has 78 valence electrons. The maximum absolute atomic E-state index is 11.5. The van der Waals surface area contributed by atoms with Crippen molar-refractivity contribution in [3.63, 3.8) is 0 Å². The number of aromatic nitrogens is 4. The first-order valence-electron chi connectivity index (χ1n) is 4.21. The molecule has 0 unspecified atom stereocenters. The zero-order valence-electron chi connectivity index (χ0n) is 7.91. The van der Waals surface area contributed by atoms with E-state index in [2.05, 4.69) is 35.9 Å². The highest BCUT2D eigenvalue weighted by Crippen LogP contribution is 2.10. The first kappa shape index (κ1) is 10.0. The number of fused-ring (bicyclic) bond motifs is 1. The van der Waals surface area contributed by atoms with E-state index in [-0.39, 0.29) is 22.7 Å². The van der Waals surface area contributed by atoms with Crippen molar-refractivity contribution in [2.75, 3.05) is 5.73 Å². The molecule has 0 saturated carbocycles. The van der Waals surface area contributed by atoms with E-state index in [0.717, 1.165) is 5.69 Å². The van der Waals surface area contributed by atoms with Gasteiger partial charge >= 0.3 is 0 Å². The number of rotatable bonds is 1. The molecule has 2 aromatic heterocycles. The first-order valence-corrected chi connectivity index (χ1v) is 5.33. The number of halogens is 1. The van der Waals surface area contributed by atoms with Crippen LogP contribution in [0.15, 0.2) is 4.79 Å². The van der Waals surface area contributed by atoms with Crippen molar-refractivity contribution in [3.8, 4) is 0 Å². The van der Waals surface area contributed by atoms with Crippen LogP contribution in [0.1, 0.15) is 11.4 Å². The largest absolute Gasteiger partial charge is 0.369 e. The molecule has 0 aliphatic carbocycles. The van der Waals surface area contributed by atoms with E-state index in [1.54, 1.807) is 6.92 Å². The summed E-state index contributed by atoms with van der Waals surface area (Å²) in [6.07, 6.45) is 0. The molecule has 0 fully saturated rings. The fourth-order valence-electron chi connectivity index (χ4n) is 1.22. The molecule has 2 heterocycles. The van der Waals surface area contributed by atoms with E-state index in [4.69, 9.17) is 5.73 Å². The minimum atomic E-state index is -0.366. The van der Waals surface area contributed by atoms with Crippen LogP contribution in [0.25, 0.3) is 11.2 Å². The summed E-state index contributed by atoms with van der Waals surface area (Å²) in [6.45, 7) is 1.79. The maximum atomic E-state index is 11.5. The van der Waals surface area contributed by atoms with Gasteiger partial charge in [0.25, 0.3) is 5.56 Å². The number of H-pyrrole nitrogens is 1. The van der Waals surface area contributed by atoms with Gasteiger partial charge in [0.15, 0.2) is 11.2 Å². The molecular formula is C8H8BrN5O. The van der Waals surface area contributed by atoms with E-state index < -0.39 is 0 Å². The monoisotopic (exact) mass is 269 g/mol. The van der Waals surface area contributed by atoms with Crippen LogP contribution in [-0.2, 0) is 5.33 Å². The predicted octanol–water partition coefficient (Wildman–Crippen LogP) is 0.499. The molecule has 0 aliphatic heterocycles. The Morgan fingerprint density at radius 1 is 1.40 bits per heavy atom. The van der Waals surface area contributed by atoms with Crippen molar-refractivity contribution in [2.24, 2.45) is 0 Å². The predicted molar refractivity (Wildman–Crippen MR) is 59.7 cm³/mol. The number of hydrogen-bond acceptors (Lipinski definition) is 5. The lowest BCUT2D eigenvalue weighted by Gasteiger charge is -2.02. The lowest BCUT2D eigenvalue weighted by molar-refractivity contribution is 1.04. The topological polar surface area (TPSA) is 97.5 Å². The molecule has 2 aromatic rings. The third-order valence-corrected chi connectivity index (χ3v) is 2.49. The van der Waals surface area contributed by atoms with Crippen LogP contribution in [0.2, 0.25) is 0 Å². The number of nitrogens with two attached hydrogens (primary N) is 1. The lowest BCUT2D eigenvalue weighted by atomic mass is 10.3. The van der Waals surface area contributed by atoms with E-state index >= 15 is 0 Å². The maximum Gasteiger partial charge on any atom is 0.280 e. The van der Waals surface area contributed by atoms with Gasteiger partial charge in [-0.25, -0.2) is 9.97 Å². The normalized spacial score (nSPS) is 10.8. The molecule has 0 bridgehead atoms. The van der Waals surface area contributed by atoms with E-state index in [0.29, 0.717) is 11.0 Å². The fraction of sp³-hybridized carbons (Fsp3) is 0.250. The summed E-state index contributed by atoms with van der Waals surface area (Å²) >= 11 is 3.28. The third-order valence-electron chi connectivity index (χ3n) is 1.96. The van der Waals surface area contributed by atoms with Crippen molar-refractivity contribution in [1.29, 1.82) is 0 Å². The van der Waals surface area contributed by atoms with E-state index in [9.17, 15) is 4.79 Å². The molecule has 0 saturated heterocycles. The second-order valence-corrected chi connectivity index (χ2v) is 3.57. The Labute approximate surface area is 93.1 Å². The Hall–Kier alpha value is -1.50. The molecule has 3 N–H and O–H groups in total. The molecule has 0 aliphatic rings. The molecular weight excluding hydrogens is 262 g/mol. The van der Waals surface area contributed by atoms with Crippen LogP contribution < -0.4 is 11.3 Å². The average Bonchev–Trinajstić information content (AvgIpc) is 2.18. The van der Waals surface area contributed by atoms with Crippen LogP contribution in [0, 0.1) is 6.92 Å². The van der Waals surface area contributed by atoms with Gasteiger partial charge in [0.2, 0.25) is 5.95 Å². The van der Waals surface area contributed by atoms with Crippen LogP contribution in [0.5, 0.6) is 0 Å². The van der Waals surface area contributed by atoms with Gasteiger partial charge in [-0.3, -0.25) is 9.78 Å². The number of anilines is 1. The smallest absolute Gasteiger partial charge is 0.280 e. The Balaban J connectivity index is 2.87. The van der Waals surface area contributed by atoms with Gasteiger partial charge in [-0.1, -0.05) is 15.9 Å². The quantitative estimate of drug-likeness (QED) is 0.735. The summed E-state index contributed by atoms with van der Waals surface area (Å²) in [5, 5.41) is 0.566. The van der Waals surface area contributed by atoms with Crippen LogP contribution >= 0.6 is 15.9 Å². The molecule has 0 spiro atoms. The van der Waals surface area contributed by atoms with Gasteiger partial charge in [0, 0.05) is 5.33 Å². The molecule has 15 heavy (non-hydrogen) atoms. The minimum Gasteiger partial charge on any atom is -0.369 e. The first-order chi connectivity index (χ1) is 7.11. The number of nitrogen functional groups attached to an aromatic ring is 1. The molecule has 0 amide bonds. The molecule has 2 rings (SSSR count). The molecule has 0 atom stereocenters. The van der Waals surface area contributed by atoms with Gasteiger partial charge in [-0.05, 0) is 6.92 Å². The summed E-state index contributed by atoms with van der Waals surface area (Å²) in [4.78, 5) is 26.1. The highest BCUT2D eigenvalue weighted by Gasteiger charge is 2.08. The summed E-state index contributed by atoms with van der Waals surface area (Å²) in [7, 11) is 0. The van der Waals surface area contributed by atoms with Gasteiger partial charge in [-0.15, -0.1) is 0 Å². The number of nitrogens with zero attached hydrogens (tertiary/aromatic N) is 3. The number of aryl methyl sites for hydroxylation is 1. The average molecular weight is 270 g/mol. The van der Waals surface area contributed by atoms with Crippen LogP contribution in [0.4, 0.5) is 5.95 Å². The summed E-state index contributed by atoms with van der Waals surface area (Å²) in [6, 6.07) is 0. The molecule has 0 aromatic carbocycles. The standard InChI is InChI=1S/C8H8BrN5O/c1-3-4(2-9)12-6-5(11-3)7(15)14-8(10)13-6/h2H2,1H3,(H3,10,12,13,14,15). The SMILES string of the molecule is Cc1nc2c(=O)[nH]c(N)nc2nc1CBr. The number of aromatic amines is 1. The second-order valence-electron chi connectivity index (χ2n) is 3.01. The number of alkyl halides is 1. The number of nitrogens with one attached hydrogen (secondary N) is 1. The molecule has 6 nitrogen and oxygen atoms in total. The van der Waals surface area contributed by atoms with Gasteiger partial charge < -0.3 is 5.73 Å². The Morgan fingerprint density at radius 2 is 2.13 bits per heavy atom. The van der Waals surface area contributed by atoms with Crippen LogP contribution in [-0.4, -0.2) is 19.9 Å². The van der Waals surface area contributed by atoms with Crippen molar-refractivity contribution in [1.82, 2.24) is 19.9 Å². The summed E-state index contributed by atoms with van der Waals surface area (Å²) in [5.74, 6) is 0.0474. The Morgan fingerprint density at radius 3 is 2.80 bits per heavy atom. The fourth-order valence-corrected chi connectivity index (χ4v) is 1.75. The second kappa shape index (κ2) is 3.58. The molecule has 7 heteroatoms. The zero-order chi connectivity index (χ0) is 11.0. The van der Waals surface area contributed by atoms with Gasteiger partial charge in [0.05, 0.1) is 11.4 Å². The van der Waals surface area contributed by atoms with Crippen molar-refractivity contribution in [3.05, 3.63) is 21.7 Å². The highest BCUT2D eigenvalue weighted by atomic mass is 79.9. The van der Waals surface area contributed by atoms with E-state index in [1.807, 2.05) is 0 Å². The Kier molecular flexibility index (Phi) is 2.39.